The molecule has 0 radical (unpaired) electrons. The number of thioether (sulfide) groups is 2. The number of rotatable bonds is 7. The molecule has 2 fully saturated rings. The summed E-state index contributed by atoms with van der Waals surface area (Å²) in [5.41, 5.74) is 0.625. The Kier molecular flexibility index (Phi) is 7.42. The summed E-state index contributed by atoms with van der Waals surface area (Å²) in [6, 6.07) is 7.42. The molecule has 6 nitrogen and oxygen atoms in total. The SMILES string of the molecule is CCN1C(=O)CC(Sc2ccccc2C(=O)N2CCN(CCSC)CC2)C1=O. The molecule has 1 unspecified atom stereocenters. The van der Waals surface area contributed by atoms with Crippen molar-refractivity contribution in [2.24, 2.45) is 0 Å². The fourth-order valence-corrected chi connectivity index (χ4v) is 5.18. The Bertz CT molecular complexity index is 735. The van der Waals surface area contributed by atoms with Gasteiger partial charge in [0.1, 0.15) is 0 Å². The second-order valence-electron chi connectivity index (χ2n) is 6.91. The van der Waals surface area contributed by atoms with Crippen LogP contribution >= 0.6 is 23.5 Å². The third-order valence-electron chi connectivity index (χ3n) is 5.18. The molecule has 2 heterocycles. The molecule has 8 heteroatoms. The fraction of sp³-hybridized carbons (Fsp3) is 0.550. The molecular formula is C20H27N3O3S2. The van der Waals surface area contributed by atoms with Gasteiger partial charge in [-0.15, -0.1) is 11.8 Å². The highest BCUT2D eigenvalue weighted by Gasteiger charge is 2.38. The fourth-order valence-electron chi connectivity index (χ4n) is 3.54. The lowest BCUT2D eigenvalue weighted by atomic mass is 10.2. The summed E-state index contributed by atoms with van der Waals surface area (Å²) in [5.74, 6) is 0.838. The highest BCUT2D eigenvalue weighted by atomic mass is 32.2. The van der Waals surface area contributed by atoms with Crippen molar-refractivity contribution in [1.29, 1.82) is 0 Å². The van der Waals surface area contributed by atoms with Crippen molar-refractivity contribution in [1.82, 2.24) is 14.7 Å². The van der Waals surface area contributed by atoms with Crippen molar-refractivity contribution in [2.75, 3.05) is 51.3 Å². The highest BCUT2D eigenvalue weighted by molar-refractivity contribution is 8.00. The lowest BCUT2D eigenvalue weighted by Gasteiger charge is -2.35. The third kappa shape index (κ3) is 4.72. The summed E-state index contributed by atoms with van der Waals surface area (Å²) in [6.45, 7) is 6.48. The van der Waals surface area contributed by atoms with Gasteiger partial charge in [-0.2, -0.15) is 11.8 Å². The van der Waals surface area contributed by atoms with E-state index in [9.17, 15) is 14.4 Å². The predicted molar refractivity (Wildman–Crippen MR) is 114 cm³/mol. The first-order valence-corrected chi connectivity index (χ1v) is 11.9. The van der Waals surface area contributed by atoms with Crippen LogP contribution in [0.2, 0.25) is 0 Å². The first kappa shape index (κ1) is 21.2. The molecule has 0 spiro atoms. The molecule has 0 saturated carbocycles. The van der Waals surface area contributed by atoms with E-state index in [1.165, 1.54) is 16.7 Å². The summed E-state index contributed by atoms with van der Waals surface area (Å²) in [5, 5.41) is -0.440. The maximum absolute atomic E-state index is 13.1. The number of amides is 3. The number of hydrogen-bond acceptors (Lipinski definition) is 6. The van der Waals surface area contributed by atoms with E-state index >= 15 is 0 Å². The largest absolute Gasteiger partial charge is 0.336 e. The number of imide groups is 1. The summed E-state index contributed by atoms with van der Waals surface area (Å²) in [7, 11) is 0. The Morgan fingerprint density at radius 3 is 2.50 bits per heavy atom. The Balaban J connectivity index is 1.66. The maximum Gasteiger partial charge on any atom is 0.255 e. The number of carbonyl (C=O) groups excluding carboxylic acids is 3. The van der Waals surface area contributed by atoms with Crippen molar-refractivity contribution in [2.45, 2.75) is 23.5 Å². The number of piperazine rings is 1. The smallest absolute Gasteiger partial charge is 0.255 e. The van der Waals surface area contributed by atoms with Crippen molar-refractivity contribution >= 4 is 41.2 Å². The zero-order valence-electron chi connectivity index (χ0n) is 16.4. The van der Waals surface area contributed by atoms with Crippen molar-refractivity contribution in [3.05, 3.63) is 29.8 Å². The molecule has 0 aromatic heterocycles. The van der Waals surface area contributed by atoms with Gasteiger partial charge in [0.05, 0.1) is 10.8 Å². The molecule has 3 rings (SSSR count). The molecule has 0 aliphatic carbocycles. The number of carbonyl (C=O) groups is 3. The van der Waals surface area contributed by atoms with Gasteiger partial charge in [0.15, 0.2) is 0 Å². The van der Waals surface area contributed by atoms with Gasteiger partial charge in [-0.25, -0.2) is 0 Å². The van der Waals surface area contributed by atoms with Gasteiger partial charge in [-0.05, 0) is 25.3 Å². The van der Waals surface area contributed by atoms with Crippen molar-refractivity contribution < 1.29 is 14.4 Å². The molecule has 2 aliphatic rings. The van der Waals surface area contributed by atoms with Gasteiger partial charge >= 0.3 is 0 Å². The average molecular weight is 422 g/mol. The van der Waals surface area contributed by atoms with Crippen LogP contribution in [0.4, 0.5) is 0 Å². The quantitative estimate of drug-likeness (QED) is 0.628. The zero-order chi connectivity index (χ0) is 20.1. The predicted octanol–water partition coefficient (Wildman–Crippen LogP) is 2.05. The minimum Gasteiger partial charge on any atom is -0.336 e. The normalized spacial score (nSPS) is 20.9. The topological polar surface area (TPSA) is 60.9 Å². The van der Waals surface area contributed by atoms with Crippen LogP contribution in [0.3, 0.4) is 0 Å². The Morgan fingerprint density at radius 2 is 1.86 bits per heavy atom. The summed E-state index contributed by atoms with van der Waals surface area (Å²) >= 11 is 3.18. The number of nitrogens with zero attached hydrogens (tertiary/aromatic N) is 3. The third-order valence-corrected chi connectivity index (χ3v) is 7.03. The van der Waals surface area contributed by atoms with E-state index in [4.69, 9.17) is 0 Å². The molecule has 2 saturated heterocycles. The lowest BCUT2D eigenvalue weighted by molar-refractivity contribution is -0.137. The number of likely N-dealkylation sites (tertiary alicyclic amines) is 1. The molecule has 1 aromatic rings. The average Bonchev–Trinajstić information content (AvgIpc) is 2.99. The molecule has 3 amide bonds. The van der Waals surface area contributed by atoms with Crippen LogP contribution < -0.4 is 0 Å². The van der Waals surface area contributed by atoms with E-state index in [0.717, 1.165) is 43.4 Å². The minimum atomic E-state index is -0.440. The maximum atomic E-state index is 13.1. The molecule has 0 bridgehead atoms. The van der Waals surface area contributed by atoms with Gasteiger partial charge in [-0.3, -0.25) is 24.2 Å². The number of hydrogen-bond donors (Lipinski definition) is 0. The van der Waals surface area contributed by atoms with Crippen LogP contribution in [0.1, 0.15) is 23.7 Å². The van der Waals surface area contributed by atoms with Crippen LogP contribution in [0.15, 0.2) is 29.2 Å². The zero-order valence-corrected chi connectivity index (χ0v) is 18.1. The first-order chi connectivity index (χ1) is 13.5. The van der Waals surface area contributed by atoms with Crippen LogP contribution in [0, 0.1) is 0 Å². The standard InChI is InChI=1S/C20H27N3O3S2/c1-3-23-18(24)14-17(20(23)26)28-16-7-5-4-6-15(16)19(25)22-10-8-21(9-11-22)12-13-27-2/h4-7,17H,3,8-14H2,1-2H3. The first-order valence-electron chi connectivity index (χ1n) is 9.65. The summed E-state index contributed by atoms with van der Waals surface area (Å²) in [4.78, 5) is 43.9. The van der Waals surface area contributed by atoms with Crippen LogP contribution in [-0.2, 0) is 9.59 Å². The second-order valence-corrected chi connectivity index (χ2v) is 9.14. The molecular weight excluding hydrogens is 394 g/mol. The highest BCUT2D eigenvalue weighted by Crippen LogP contribution is 2.34. The van der Waals surface area contributed by atoms with Gasteiger partial charge < -0.3 is 4.90 Å². The van der Waals surface area contributed by atoms with Crippen LogP contribution in [0.5, 0.6) is 0 Å². The molecule has 1 aromatic carbocycles. The second kappa shape index (κ2) is 9.80. The van der Waals surface area contributed by atoms with Crippen molar-refractivity contribution in [3.63, 3.8) is 0 Å². The Morgan fingerprint density at radius 1 is 1.14 bits per heavy atom. The lowest BCUT2D eigenvalue weighted by Crippen LogP contribution is -2.49. The molecule has 28 heavy (non-hydrogen) atoms. The molecule has 1 atom stereocenters. The Labute approximate surface area is 175 Å². The van der Waals surface area contributed by atoms with E-state index in [-0.39, 0.29) is 24.1 Å². The van der Waals surface area contributed by atoms with Gasteiger partial charge in [0.2, 0.25) is 11.8 Å². The van der Waals surface area contributed by atoms with E-state index < -0.39 is 5.25 Å². The number of benzene rings is 1. The van der Waals surface area contributed by atoms with E-state index in [1.54, 1.807) is 6.92 Å². The monoisotopic (exact) mass is 421 g/mol. The van der Waals surface area contributed by atoms with E-state index in [1.807, 2.05) is 40.9 Å². The summed E-state index contributed by atoms with van der Waals surface area (Å²) in [6.07, 6.45) is 2.31. The van der Waals surface area contributed by atoms with Gasteiger partial charge in [0, 0.05) is 56.3 Å². The Hall–Kier alpha value is -1.51. The van der Waals surface area contributed by atoms with Gasteiger partial charge in [0.25, 0.3) is 5.91 Å². The van der Waals surface area contributed by atoms with Gasteiger partial charge in [-0.1, -0.05) is 12.1 Å². The van der Waals surface area contributed by atoms with Crippen LogP contribution in [0.25, 0.3) is 0 Å². The van der Waals surface area contributed by atoms with Crippen molar-refractivity contribution in [3.8, 4) is 0 Å². The van der Waals surface area contributed by atoms with Crippen LogP contribution in [-0.4, -0.2) is 88.9 Å². The van der Waals surface area contributed by atoms with E-state index in [0.29, 0.717) is 12.1 Å². The van der Waals surface area contributed by atoms with E-state index in [2.05, 4.69) is 11.2 Å². The molecule has 2 aliphatic heterocycles. The molecule has 152 valence electrons. The minimum absolute atomic E-state index is 0.0109. The summed E-state index contributed by atoms with van der Waals surface area (Å²) < 4.78 is 0. The molecule has 0 N–H and O–H groups in total.